The van der Waals surface area contributed by atoms with Gasteiger partial charge in [0.05, 0.1) is 5.69 Å². The molecule has 0 aliphatic carbocycles. The van der Waals surface area contributed by atoms with Crippen molar-refractivity contribution in [2.75, 3.05) is 20.1 Å². The molecule has 0 saturated carbocycles. The van der Waals surface area contributed by atoms with Crippen molar-refractivity contribution in [1.82, 2.24) is 14.8 Å². The molecule has 208 valence electrons. The van der Waals surface area contributed by atoms with E-state index in [4.69, 9.17) is 4.98 Å². The molecule has 3 aromatic carbocycles. The second kappa shape index (κ2) is 12.1. The fourth-order valence-corrected chi connectivity index (χ4v) is 6.16. The number of hydrogen-bond acceptors (Lipinski definition) is 3. The third-order valence-electron chi connectivity index (χ3n) is 9.25. The van der Waals surface area contributed by atoms with Gasteiger partial charge in [0.2, 0.25) is 0 Å². The first-order valence-corrected chi connectivity index (χ1v) is 14.8. The van der Waals surface area contributed by atoms with E-state index in [9.17, 15) is 0 Å². The highest BCUT2D eigenvalue weighted by atomic mass is 15.2. The Kier molecular flexibility index (Phi) is 8.54. The fraction of sp³-hybridized carbons (Fsp3) is 0.378. The summed E-state index contributed by atoms with van der Waals surface area (Å²) in [7, 11) is 2.30. The maximum atomic E-state index is 4.70. The van der Waals surface area contributed by atoms with Crippen molar-refractivity contribution in [1.29, 1.82) is 0 Å². The quantitative estimate of drug-likeness (QED) is 0.239. The Morgan fingerprint density at radius 3 is 1.93 bits per heavy atom. The summed E-state index contributed by atoms with van der Waals surface area (Å²) in [5.74, 6) is 0. The minimum atomic E-state index is 0.621. The van der Waals surface area contributed by atoms with Crippen molar-refractivity contribution < 1.29 is 0 Å². The molecule has 0 atom stereocenters. The molecule has 0 N–H and O–H groups in total. The average Bonchev–Trinajstić information content (AvgIpc) is 2.94. The van der Waals surface area contributed by atoms with Crippen LogP contribution < -0.4 is 0 Å². The molecule has 1 aliphatic rings. The molecule has 3 nitrogen and oxygen atoms in total. The lowest BCUT2D eigenvalue weighted by molar-refractivity contribution is 0.119. The van der Waals surface area contributed by atoms with E-state index in [1.54, 1.807) is 0 Å². The Balaban J connectivity index is 1.18. The summed E-state index contributed by atoms with van der Waals surface area (Å²) in [6.45, 7) is 17.5. The fourth-order valence-electron chi connectivity index (χ4n) is 6.16. The second-order valence-electron chi connectivity index (χ2n) is 12.1. The van der Waals surface area contributed by atoms with Crippen LogP contribution in [0, 0.1) is 41.5 Å². The number of aromatic nitrogens is 1. The first kappa shape index (κ1) is 28.3. The van der Waals surface area contributed by atoms with Gasteiger partial charge in [-0.05, 0) is 160 Å². The number of hydrogen-bond donors (Lipinski definition) is 0. The smallest absolute Gasteiger partial charge is 0.0705 e. The zero-order valence-corrected chi connectivity index (χ0v) is 25.5. The van der Waals surface area contributed by atoms with E-state index >= 15 is 0 Å². The van der Waals surface area contributed by atoms with Gasteiger partial charge >= 0.3 is 0 Å². The molecule has 1 saturated heterocycles. The number of pyridine rings is 1. The Hall–Kier alpha value is -3.27. The zero-order valence-electron chi connectivity index (χ0n) is 25.5. The average molecular weight is 532 g/mol. The van der Waals surface area contributed by atoms with E-state index in [-0.39, 0.29) is 0 Å². The molecular weight excluding hydrogens is 486 g/mol. The van der Waals surface area contributed by atoms with E-state index in [1.807, 2.05) is 6.20 Å². The summed E-state index contributed by atoms with van der Waals surface area (Å²) in [5, 5.41) is 0. The van der Waals surface area contributed by atoms with E-state index in [0.29, 0.717) is 6.04 Å². The van der Waals surface area contributed by atoms with Crippen molar-refractivity contribution in [2.45, 2.75) is 73.5 Å². The summed E-state index contributed by atoms with van der Waals surface area (Å²) >= 11 is 0. The Bertz CT molecular complexity index is 1450. The predicted octanol–water partition coefficient (Wildman–Crippen LogP) is 8.36. The topological polar surface area (TPSA) is 19.4 Å². The van der Waals surface area contributed by atoms with Gasteiger partial charge in [-0.3, -0.25) is 14.8 Å². The van der Waals surface area contributed by atoms with Crippen molar-refractivity contribution in [3.63, 3.8) is 0 Å². The normalized spacial score (nSPS) is 14.7. The molecular formula is C37H45N3. The monoisotopic (exact) mass is 531 g/mol. The first-order valence-electron chi connectivity index (χ1n) is 14.8. The lowest BCUT2D eigenvalue weighted by Gasteiger charge is -2.37. The standard InChI is InChI=1S/C37H45N3/c1-25-17-34(18-26(2)29(25)5)33-10-8-9-31(21-33)23-39(7)36-12-15-40(16-13-36)24-32-11-14-38-37(22-32)35-19-27(3)30(6)28(4)20-35/h8-11,14,17-22,36H,12-13,15-16,23-24H2,1-7H3. The third kappa shape index (κ3) is 6.37. The van der Waals surface area contributed by atoms with Gasteiger partial charge in [0.1, 0.15) is 0 Å². The molecule has 1 aromatic heterocycles. The maximum Gasteiger partial charge on any atom is 0.0705 e. The molecule has 3 heteroatoms. The van der Waals surface area contributed by atoms with E-state index in [1.165, 1.54) is 74.0 Å². The lowest BCUT2D eigenvalue weighted by Crippen LogP contribution is -2.42. The highest BCUT2D eigenvalue weighted by Crippen LogP contribution is 2.28. The molecule has 1 fully saturated rings. The van der Waals surface area contributed by atoms with Crippen molar-refractivity contribution in [2.24, 2.45) is 0 Å². The van der Waals surface area contributed by atoms with Crippen molar-refractivity contribution in [3.05, 3.63) is 111 Å². The summed E-state index contributed by atoms with van der Waals surface area (Å²) in [6.07, 6.45) is 4.39. The zero-order chi connectivity index (χ0) is 28.4. The minimum absolute atomic E-state index is 0.621. The SMILES string of the molecule is Cc1cc(-c2cccc(CN(C)C3CCN(Cc4ccnc(-c5cc(C)c(C)c(C)c5)c4)CC3)c2)cc(C)c1C. The summed E-state index contributed by atoms with van der Waals surface area (Å²) in [5.41, 5.74) is 15.9. The van der Waals surface area contributed by atoms with Gasteiger partial charge < -0.3 is 0 Å². The van der Waals surface area contributed by atoms with Crippen LogP contribution in [-0.4, -0.2) is 41.0 Å². The van der Waals surface area contributed by atoms with Crippen molar-refractivity contribution >= 4 is 0 Å². The lowest BCUT2D eigenvalue weighted by atomic mass is 9.95. The summed E-state index contributed by atoms with van der Waals surface area (Å²) in [4.78, 5) is 9.88. The predicted molar refractivity (Wildman–Crippen MR) is 170 cm³/mol. The van der Waals surface area contributed by atoms with Gasteiger partial charge in [-0.1, -0.05) is 30.3 Å². The molecule has 4 aromatic rings. The number of aryl methyl sites for hydroxylation is 4. The molecule has 0 radical (unpaired) electrons. The van der Waals surface area contributed by atoms with Gasteiger partial charge in [0, 0.05) is 30.9 Å². The molecule has 2 heterocycles. The van der Waals surface area contributed by atoms with Gasteiger partial charge in [-0.15, -0.1) is 0 Å². The number of benzene rings is 3. The van der Waals surface area contributed by atoms with Crippen LogP contribution in [0.15, 0.2) is 66.9 Å². The van der Waals surface area contributed by atoms with Crippen molar-refractivity contribution in [3.8, 4) is 22.4 Å². The van der Waals surface area contributed by atoms with Gasteiger partial charge in [-0.2, -0.15) is 0 Å². The molecule has 0 amide bonds. The van der Waals surface area contributed by atoms with Crippen LogP contribution in [0.1, 0.15) is 57.3 Å². The number of rotatable bonds is 7. The third-order valence-corrected chi connectivity index (χ3v) is 9.25. The minimum Gasteiger partial charge on any atom is -0.299 e. The second-order valence-corrected chi connectivity index (χ2v) is 12.1. The first-order chi connectivity index (χ1) is 19.2. The van der Waals surface area contributed by atoms with Crippen LogP contribution in [0.3, 0.4) is 0 Å². The largest absolute Gasteiger partial charge is 0.299 e. The van der Waals surface area contributed by atoms with Crippen LogP contribution in [0.5, 0.6) is 0 Å². The van der Waals surface area contributed by atoms with Gasteiger partial charge in [0.15, 0.2) is 0 Å². The van der Waals surface area contributed by atoms with Crippen LogP contribution in [0.4, 0.5) is 0 Å². The van der Waals surface area contributed by atoms with Crippen LogP contribution >= 0.6 is 0 Å². The van der Waals surface area contributed by atoms with Crippen LogP contribution in [0.2, 0.25) is 0 Å². The molecule has 5 rings (SSSR count). The van der Waals surface area contributed by atoms with E-state index < -0.39 is 0 Å². The van der Waals surface area contributed by atoms with Crippen LogP contribution in [0.25, 0.3) is 22.4 Å². The maximum absolute atomic E-state index is 4.70. The highest BCUT2D eigenvalue weighted by molar-refractivity contribution is 5.67. The molecule has 40 heavy (non-hydrogen) atoms. The Morgan fingerprint density at radius 1 is 0.700 bits per heavy atom. The highest BCUT2D eigenvalue weighted by Gasteiger charge is 2.23. The number of piperidine rings is 1. The molecule has 0 spiro atoms. The molecule has 0 unspecified atom stereocenters. The summed E-state index contributed by atoms with van der Waals surface area (Å²) < 4.78 is 0. The van der Waals surface area contributed by atoms with Gasteiger partial charge in [-0.25, -0.2) is 0 Å². The van der Waals surface area contributed by atoms with E-state index in [0.717, 1.165) is 31.9 Å². The molecule has 1 aliphatic heterocycles. The van der Waals surface area contributed by atoms with Crippen LogP contribution in [-0.2, 0) is 13.1 Å². The number of likely N-dealkylation sites (tertiary alicyclic amines) is 1. The Labute approximate surface area is 241 Å². The summed E-state index contributed by atoms with van der Waals surface area (Å²) in [6, 6.07) is 23.4. The number of nitrogens with zero attached hydrogens (tertiary/aromatic N) is 3. The van der Waals surface area contributed by atoms with Gasteiger partial charge in [0.25, 0.3) is 0 Å². The molecule has 0 bridgehead atoms. The van der Waals surface area contributed by atoms with E-state index in [2.05, 4.69) is 119 Å². The Morgan fingerprint density at radius 2 is 1.30 bits per heavy atom.